The van der Waals surface area contributed by atoms with E-state index in [-0.39, 0.29) is 0 Å². The molecule has 0 aliphatic carbocycles. The van der Waals surface area contributed by atoms with Crippen LogP contribution in [-0.4, -0.2) is 18.0 Å². The van der Waals surface area contributed by atoms with Crippen LogP contribution in [0.3, 0.4) is 0 Å². The van der Waals surface area contributed by atoms with Gasteiger partial charge in [0.1, 0.15) is 0 Å². The molecular formula is C25H27N. The maximum Gasteiger partial charge on any atom is 0.0240 e. The Morgan fingerprint density at radius 2 is 1.23 bits per heavy atom. The van der Waals surface area contributed by atoms with Crippen LogP contribution in [0.1, 0.15) is 30.4 Å². The van der Waals surface area contributed by atoms with Crippen LogP contribution in [-0.2, 0) is 6.54 Å². The van der Waals surface area contributed by atoms with Crippen LogP contribution >= 0.6 is 0 Å². The molecule has 0 amide bonds. The molecule has 132 valence electrons. The highest BCUT2D eigenvalue weighted by molar-refractivity contribution is 5.87. The van der Waals surface area contributed by atoms with E-state index in [9.17, 15) is 0 Å². The number of nitrogens with zero attached hydrogens (tertiary/aromatic N) is 1. The lowest BCUT2D eigenvalue weighted by Gasteiger charge is -2.28. The molecule has 0 radical (unpaired) electrons. The molecule has 0 atom stereocenters. The minimum Gasteiger partial charge on any atom is -0.299 e. The summed E-state index contributed by atoms with van der Waals surface area (Å²) in [5.74, 6) is 0. The van der Waals surface area contributed by atoms with Crippen LogP contribution in [0.4, 0.5) is 0 Å². The molecule has 0 aromatic heterocycles. The van der Waals surface area contributed by atoms with Gasteiger partial charge in [-0.3, -0.25) is 4.90 Å². The summed E-state index contributed by atoms with van der Waals surface area (Å²) in [6.07, 6.45) is 4.04. The first-order valence-electron chi connectivity index (χ1n) is 9.78. The SMILES string of the molecule is Cc1ccc(CN2CCCCC2)c(-c2ccccc2)c1-c1ccccc1. The Kier molecular flexibility index (Phi) is 5.17. The number of benzene rings is 3. The molecular weight excluding hydrogens is 314 g/mol. The summed E-state index contributed by atoms with van der Waals surface area (Å²) in [5, 5.41) is 0. The van der Waals surface area contributed by atoms with Gasteiger partial charge in [0.15, 0.2) is 0 Å². The second-order valence-corrected chi connectivity index (χ2v) is 7.36. The lowest BCUT2D eigenvalue weighted by molar-refractivity contribution is 0.221. The average Bonchev–Trinajstić information content (AvgIpc) is 2.71. The van der Waals surface area contributed by atoms with Crippen molar-refractivity contribution < 1.29 is 0 Å². The van der Waals surface area contributed by atoms with Gasteiger partial charge in [-0.05, 0) is 66.2 Å². The number of piperidine rings is 1. The van der Waals surface area contributed by atoms with Gasteiger partial charge >= 0.3 is 0 Å². The van der Waals surface area contributed by atoms with Crippen LogP contribution in [0.5, 0.6) is 0 Å². The van der Waals surface area contributed by atoms with E-state index < -0.39 is 0 Å². The highest BCUT2D eigenvalue weighted by Crippen LogP contribution is 2.38. The molecule has 3 aromatic carbocycles. The maximum atomic E-state index is 2.62. The van der Waals surface area contributed by atoms with Crippen LogP contribution in [0.15, 0.2) is 72.8 Å². The van der Waals surface area contributed by atoms with Gasteiger partial charge in [-0.25, -0.2) is 0 Å². The van der Waals surface area contributed by atoms with Gasteiger partial charge in [0, 0.05) is 6.54 Å². The highest BCUT2D eigenvalue weighted by atomic mass is 15.1. The van der Waals surface area contributed by atoms with Crippen molar-refractivity contribution in [1.82, 2.24) is 4.90 Å². The molecule has 1 nitrogen and oxygen atoms in total. The first kappa shape index (κ1) is 17.1. The van der Waals surface area contributed by atoms with Gasteiger partial charge in [-0.2, -0.15) is 0 Å². The number of rotatable bonds is 4. The molecule has 1 aliphatic heterocycles. The molecule has 1 heterocycles. The van der Waals surface area contributed by atoms with Gasteiger partial charge in [0.2, 0.25) is 0 Å². The minimum atomic E-state index is 1.05. The molecule has 4 rings (SSSR count). The van der Waals surface area contributed by atoms with Crippen molar-refractivity contribution in [2.45, 2.75) is 32.7 Å². The van der Waals surface area contributed by atoms with Crippen molar-refractivity contribution in [1.29, 1.82) is 0 Å². The predicted octanol–water partition coefficient (Wildman–Crippen LogP) is 6.31. The maximum absolute atomic E-state index is 2.62. The van der Waals surface area contributed by atoms with Gasteiger partial charge < -0.3 is 0 Å². The summed E-state index contributed by atoms with van der Waals surface area (Å²) in [4.78, 5) is 2.62. The third kappa shape index (κ3) is 3.59. The number of hydrogen-bond acceptors (Lipinski definition) is 1. The zero-order valence-corrected chi connectivity index (χ0v) is 15.6. The summed E-state index contributed by atoms with van der Waals surface area (Å²) >= 11 is 0. The minimum absolute atomic E-state index is 1.05. The van der Waals surface area contributed by atoms with Crippen molar-refractivity contribution in [3.63, 3.8) is 0 Å². The Balaban J connectivity index is 1.86. The number of hydrogen-bond donors (Lipinski definition) is 0. The standard InChI is InChI=1S/C25H27N/c1-20-15-16-23(19-26-17-9-4-10-18-26)25(22-13-7-3-8-14-22)24(20)21-11-5-2-6-12-21/h2-3,5-8,11-16H,4,9-10,17-19H2,1H3. The summed E-state index contributed by atoms with van der Waals surface area (Å²) < 4.78 is 0. The normalized spacial score (nSPS) is 15.1. The second-order valence-electron chi connectivity index (χ2n) is 7.36. The molecule has 0 saturated carbocycles. The third-order valence-electron chi connectivity index (χ3n) is 5.47. The first-order chi connectivity index (χ1) is 12.8. The van der Waals surface area contributed by atoms with Crippen LogP contribution in [0, 0.1) is 6.92 Å². The molecule has 1 heteroatoms. The number of aryl methyl sites for hydroxylation is 1. The lowest BCUT2D eigenvalue weighted by Crippen LogP contribution is -2.29. The first-order valence-corrected chi connectivity index (χ1v) is 9.78. The summed E-state index contributed by atoms with van der Waals surface area (Å²) in [6.45, 7) is 5.73. The van der Waals surface area contributed by atoms with Gasteiger partial charge in [-0.15, -0.1) is 0 Å². The summed E-state index contributed by atoms with van der Waals surface area (Å²) in [5.41, 5.74) is 8.21. The number of likely N-dealkylation sites (tertiary alicyclic amines) is 1. The molecule has 1 saturated heterocycles. The van der Waals surface area contributed by atoms with Gasteiger partial charge in [-0.1, -0.05) is 79.2 Å². The fourth-order valence-corrected chi connectivity index (χ4v) is 4.15. The van der Waals surface area contributed by atoms with E-state index in [4.69, 9.17) is 0 Å². The monoisotopic (exact) mass is 341 g/mol. The Bertz CT molecular complexity index is 846. The molecule has 1 aliphatic rings. The van der Waals surface area contributed by atoms with E-state index in [1.165, 1.54) is 65.7 Å². The van der Waals surface area contributed by atoms with E-state index in [1.807, 2.05) is 0 Å². The Hall–Kier alpha value is -2.38. The van der Waals surface area contributed by atoms with Crippen LogP contribution in [0.2, 0.25) is 0 Å². The molecule has 26 heavy (non-hydrogen) atoms. The molecule has 1 fully saturated rings. The fourth-order valence-electron chi connectivity index (χ4n) is 4.15. The zero-order valence-electron chi connectivity index (χ0n) is 15.6. The van der Waals surface area contributed by atoms with E-state index in [0.29, 0.717) is 0 Å². The van der Waals surface area contributed by atoms with Gasteiger partial charge in [0.25, 0.3) is 0 Å². The Morgan fingerprint density at radius 3 is 1.85 bits per heavy atom. The molecule has 0 bridgehead atoms. The summed E-state index contributed by atoms with van der Waals surface area (Å²) in [7, 11) is 0. The largest absolute Gasteiger partial charge is 0.299 e. The predicted molar refractivity (Wildman–Crippen MR) is 111 cm³/mol. The molecule has 0 N–H and O–H groups in total. The van der Waals surface area contributed by atoms with Crippen LogP contribution < -0.4 is 0 Å². The van der Waals surface area contributed by atoms with Crippen molar-refractivity contribution in [3.05, 3.63) is 83.9 Å². The zero-order chi connectivity index (χ0) is 17.8. The topological polar surface area (TPSA) is 3.24 Å². The highest BCUT2D eigenvalue weighted by Gasteiger charge is 2.18. The van der Waals surface area contributed by atoms with E-state index in [2.05, 4.69) is 84.6 Å². The molecule has 0 spiro atoms. The quantitative estimate of drug-likeness (QED) is 0.537. The Labute approximate surface area is 157 Å². The fraction of sp³-hybridized carbons (Fsp3) is 0.280. The Morgan fingerprint density at radius 1 is 0.654 bits per heavy atom. The van der Waals surface area contributed by atoms with Crippen molar-refractivity contribution in [2.75, 3.05) is 13.1 Å². The van der Waals surface area contributed by atoms with E-state index in [1.54, 1.807) is 0 Å². The molecule has 0 unspecified atom stereocenters. The van der Waals surface area contributed by atoms with Crippen LogP contribution in [0.25, 0.3) is 22.3 Å². The second kappa shape index (κ2) is 7.88. The van der Waals surface area contributed by atoms with E-state index in [0.717, 1.165) is 6.54 Å². The average molecular weight is 341 g/mol. The van der Waals surface area contributed by atoms with Crippen molar-refractivity contribution >= 4 is 0 Å². The molecule has 3 aromatic rings. The lowest BCUT2D eigenvalue weighted by atomic mass is 9.87. The van der Waals surface area contributed by atoms with E-state index >= 15 is 0 Å². The summed E-state index contributed by atoms with van der Waals surface area (Å²) in [6, 6.07) is 26.4. The van der Waals surface area contributed by atoms with Crippen molar-refractivity contribution in [3.8, 4) is 22.3 Å². The van der Waals surface area contributed by atoms with Gasteiger partial charge in [0.05, 0.1) is 0 Å². The van der Waals surface area contributed by atoms with Crippen molar-refractivity contribution in [2.24, 2.45) is 0 Å². The third-order valence-corrected chi connectivity index (χ3v) is 5.47. The smallest absolute Gasteiger partial charge is 0.0240 e.